The summed E-state index contributed by atoms with van der Waals surface area (Å²) >= 11 is 0. The lowest BCUT2D eigenvalue weighted by atomic mass is 10.2. The van der Waals surface area contributed by atoms with E-state index < -0.39 is 22.2 Å². The molecule has 0 saturated heterocycles. The number of nitro groups is 1. The Morgan fingerprint density at radius 3 is 2.65 bits per heavy atom. The zero-order valence-corrected chi connectivity index (χ0v) is 8.36. The van der Waals surface area contributed by atoms with Crippen molar-refractivity contribution >= 4 is 11.7 Å². The summed E-state index contributed by atoms with van der Waals surface area (Å²) in [6.07, 6.45) is 0. The van der Waals surface area contributed by atoms with Gasteiger partial charge in [-0.05, 0) is 12.1 Å². The Labute approximate surface area is 93.7 Å². The predicted octanol–water partition coefficient (Wildman–Crippen LogP) is -0.400. The summed E-state index contributed by atoms with van der Waals surface area (Å²) in [5, 5.41) is 21.0. The first-order valence-corrected chi connectivity index (χ1v) is 4.49. The van der Waals surface area contributed by atoms with Crippen LogP contribution in [0.25, 0.3) is 0 Å². The van der Waals surface area contributed by atoms with Crippen molar-refractivity contribution in [2.45, 2.75) is 0 Å². The molecule has 1 aromatic carbocycles. The van der Waals surface area contributed by atoms with Gasteiger partial charge in [-0.3, -0.25) is 15.5 Å². The van der Waals surface area contributed by atoms with Crippen molar-refractivity contribution in [2.24, 2.45) is 0 Å². The molecule has 8 heteroatoms. The number of hydrogen-bond acceptors (Lipinski definition) is 5. The smallest absolute Gasteiger partial charge is 0.481 e. The quantitative estimate of drug-likeness (QED) is 0.431. The number of carbonyl (C=O) groups is 1. The molecule has 0 aliphatic heterocycles. The molecule has 1 heterocycles. The highest BCUT2D eigenvalue weighted by molar-refractivity contribution is 5.87. The molecule has 0 saturated carbocycles. The van der Waals surface area contributed by atoms with Crippen LogP contribution in [-0.2, 0) is 0 Å². The van der Waals surface area contributed by atoms with E-state index in [4.69, 9.17) is 5.41 Å². The minimum absolute atomic E-state index is 0.217. The van der Waals surface area contributed by atoms with Crippen LogP contribution < -0.4 is 15.5 Å². The van der Waals surface area contributed by atoms with Crippen molar-refractivity contribution in [1.82, 2.24) is 5.27 Å². The largest absolute Gasteiger partial charge is 0.564 e. The number of benzene rings is 1. The van der Waals surface area contributed by atoms with Gasteiger partial charge in [0.15, 0.2) is 0 Å². The van der Waals surface area contributed by atoms with E-state index in [1.165, 1.54) is 12.1 Å². The molecule has 17 heavy (non-hydrogen) atoms. The third-order valence-corrected chi connectivity index (χ3v) is 2.00. The van der Waals surface area contributed by atoms with Gasteiger partial charge in [0.25, 0.3) is 0 Å². The second kappa shape index (κ2) is 4.00. The zero-order chi connectivity index (χ0) is 12.4. The van der Waals surface area contributed by atoms with Crippen molar-refractivity contribution in [1.29, 1.82) is 5.41 Å². The van der Waals surface area contributed by atoms with Gasteiger partial charge in [-0.2, -0.15) is 0 Å². The van der Waals surface area contributed by atoms with E-state index in [9.17, 15) is 14.9 Å². The van der Waals surface area contributed by atoms with Crippen molar-refractivity contribution in [3.63, 3.8) is 0 Å². The topological polar surface area (TPSA) is 115 Å². The third kappa shape index (κ3) is 1.83. The van der Waals surface area contributed by atoms with E-state index in [0.717, 1.165) is 0 Å². The van der Waals surface area contributed by atoms with Crippen LogP contribution in [0.3, 0.4) is 0 Å². The fourth-order valence-electron chi connectivity index (χ4n) is 1.25. The molecular formula is C9H6N4O4. The van der Waals surface area contributed by atoms with Crippen LogP contribution in [0.1, 0.15) is 10.4 Å². The molecule has 2 aromatic rings. The molecule has 1 aromatic heterocycles. The molecule has 86 valence electrons. The highest BCUT2D eigenvalue weighted by Crippen LogP contribution is 2.00. The number of carbonyl (C=O) groups excluding carboxylic acids is 1. The zero-order valence-electron chi connectivity index (χ0n) is 8.36. The average molecular weight is 234 g/mol. The van der Waals surface area contributed by atoms with Gasteiger partial charge < -0.3 is 4.52 Å². The molecule has 2 rings (SSSR count). The lowest BCUT2D eigenvalue weighted by Gasteiger charge is -1.94. The average Bonchev–Trinajstić information content (AvgIpc) is 2.71. The molecule has 0 unspecified atom stereocenters. The molecular weight excluding hydrogens is 228 g/mol. The van der Waals surface area contributed by atoms with Crippen molar-refractivity contribution in [2.75, 3.05) is 0 Å². The Morgan fingerprint density at radius 2 is 2.06 bits per heavy atom. The molecule has 0 bridgehead atoms. The molecule has 8 nitrogen and oxygen atoms in total. The van der Waals surface area contributed by atoms with E-state index in [-0.39, 0.29) is 5.56 Å². The Morgan fingerprint density at radius 1 is 1.41 bits per heavy atom. The maximum Gasteiger partial charge on any atom is 0.564 e. The molecule has 0 fully saturated rings. The first kappa shape index (κ1) is 10.7. The summed E-state index contributed by atoms with van der Waals surface area (Å²) in [5.74, 6) is -1.52. The van der Waals surface area contributed by atoms with E-state index in [2.05, 4.69) is 9.79 Å². The fourth-order valence-corrected chi connectivity index (χ4v) is 1.25. The molecule has 0 aliphatic carbocycles. The minimum atomic E-state index is -0.889. The Balaban J connectivity index is 2.53. The van der Waals surface area contributed by atoms with Gasteiger partial charge in [-0.1, -0.05) is 22.9 Å². The lowest BCUT2D eigenvalue weighted by molar-refractivity contribution is -0.695. The van der Waals surface area contributed by atoms with Gasteiger partial charge in [0.2, 0.25) is 0 Å². The van der Waals surface area contributed by atoms with Crippen molar-refractivity contribution in [3.8, 4) is 0 Å². The Hall–Kier alpha value is -2.77. The summed E-state index contributed by atoms with van der Waals surface area (Å²) in [7, 11) is 0. The summed E-state index contributed by atoms with van der Waals surface area (Å²) in [4.78, 5) is 21.6. The molecule has 0 aliphatic rings. The monoisotopic (exact) mass is 234 g/mol. The normalized spacial score (nSPS) is 10.1. The molecule has 0 spiro atoms. The second-order valence-corrected chi connectivity index (χ2v) is 3.07. The Kier molecular flexibility index (Phi) is 2.53. The van der Waals surface area contributed by atoms with Crippen LogP contribution >= 0.6 is 0 Å². The van der Waals surface area contributed by atoms with Crippen LogP contribution in [0, 0.1) is 15.5 Å². The lowest BCUT2D eigenvalue weighted by Crippen LogP contribution is -2.48. The summed E-state index contributed by atoms with van der Waals surface area (Å²) < 4.78 is 4.77. The van der Waals surface area contributed by atoms with Gasteiger partial charge in [-0.15, -0.1) is 0 Å². The third-order valence-electron chi connectivity index (χ3n) is 2.00. The first-order valence-electron chi connectivity index (χ1n) is 4.49. The number of nitrogens with one attached hydrogen (secondary N) is 1. The first-order chi connectivity index (χ1) is 8.11. The summed E-state index contributed by atoms with van der Waals surface area (Å²) in [5.41, 5.74) is -0.548. The van der Waals surface area contributed by atoms with Crippen LogP contribution in [0.5, 0.6) is 0 Å². The summed E-state index contributed by atoms with van der Waals surface area (Å²) in [6, 6.07) is 7.89. The van der Waals surface area contributed by atoms with Gasteiger partial charge in [-0.25, -0.2) is 10.1 Å². The molecule has 1 N–H and O–H groups in total. The van der Waals surface area contributed by atoms with E-state index in [1.807, 2.05) is 0 Å². The van der Waals surface area contributed by atoms with Gasteiger partial charge in [0, 0.05) is 0 Å². The van der Waals surface area contributed by atoms with E-state index in [0.29, 0.717) is 4.68 Å². The van der Waals surface area contributed by atoms with Crippen LogP contribution in [-0.4, -0.2) is 10.8 Å². The van der Waals surface area contributed by atoms with Gasteiger partial charge in [0.05, 0.1) is 5.56 Å². The molecule has 0 amide bonds. The summed E-state index contributed by atoms with van der Waals surface area (Å²) in [6.45, 7) is 0. The maximum atomic E-state index is 11.8. The SMILES string of the molecule is N=c1o[n-][n+](C(=O)c2ccccc2)c1[N+](=O)[O-]. The number of aromatic nitrogens is 2. The van der Waals surface area contributed by atoms with E-state index >= 15 is 0 Å². The molecule has 0 atom stereocenters. The number of rotatable bonds is 2. The maximum absolute atomic E-state index is 11.8. The molecule has 0 radical (unpaired) electrons. The fraction of sp³-hybridized carbons (Fsp3) is 0. The second-order valence-electron chi connectivity index (χ2n) is 3.07. The highest BCUT2D eigenvalue weighted by Gasteiger charge is 2.31. The minimum Gasteiger partial charge on any atom is -0.481 e. The number of hydrogen-bond donors (Lipinski definition) is 1. The van der Waals surface area contributed by atoms with Crippen LogP contribution in [0.4, 0.5) is 5.82 Å². The van der Waals surface area contributed by atoms with Gasteiger partial charge >= 0.3 is 17.3 Å². The van der Waals surface area contributed by atoms with E-state index in [1.54, 1.807) is 18.2 Å². The van der Waals surface area contributed by atoms with Crippen LogP contribution in [0.15, 0.2) is 34.9 Å². The highest BCUT2D eigenvalue weighted by atomic mass is 16.6. The van der Waals surface area contributed by atoms with Gasteiger partial charge in [0.1, 0.15) is 4.92 Å². The van der Waals surface area contributed by atoms with Crippen molar-refractivity contribution in [3.05, 3.63) is 51.6 Å². The predicted molar refractivity (Wildman–Crippen MR) is 50.9 cm³/mol. The van der Waals surface area contributed by atoms with Crippen molar-refractivity contribution < 1.29 is 18.9 Å². The number of nitrogens with zero attached hydrogens (tertiary/aromatic N) is 3. The Bertz CT molecular complexity index is 628. The van der Waals surface area contributed by atoms with Crippen LogP contribution in [0.2, 0.25) is 0 Å². The standard InChI is InChI=1S/C9H6N4O4/c10-7-8(13(15)16)12(11-17-7)9(14)6-4-2-1-3-5-6/h1-5,10H.